The van der Waals surface area contributed by atoms with Crippen LogP contribution in [0, 0.1) is 20.8 Å². The molecule has 1 atom stereocenters. The van der Waals surface area contributed by atoms with Crippen LogP contribution in [-0.2, 0) is 9.59 Å². The van der Waals surface area contributed by atoms with Gasteiger partial charge in [-0.2, -0.15) is 0 Å². The van der Waals surface area contributed by atoms with Crippen molar-refractivity contribution in [1.82, 2.24) is 0 Å². The zero-order chi connectivity index (χ0) is 15.2. The number of hydrogen-bond donors (Lipinski definition) is 0. The molecule has 0 spiro atoms. The highest BCUT2D eigenvalue weighted by molar-refractivity contribution is 5.96. The first-order valence-corrected chi connectivity index (χ1v) is 6.85. The maximum atomic E-state index is 11.8. The highest BCUT2D eigenvalue weighted by atomic mass is 16.5. The lowest BCUT2D eigenvalue weighted by atomic mass is 9.92. The first kappa shape index (κ1) is 14.6. The summed E-state index contributed by atoms with van der Waals surface area (Å²) in [5.41, 5.74) is 5.03. The van der Waals surface area contributed by atoms with Crippen LogP contribution >= 0.6 is 0 Å². The first-order valence-electron chi connectivity index (χ1n) is 6.85. The van der Waals surface area contributed by atoms with Gasteiger partial charge in [-0.1, -0.05) is 6.92 Å². The maximum absolute atomic E-state index is 11.8. The predicted molar refractivity (Wildman–Crippen MR) is 78.4 cm³/mol. The van der Waals surface area contributed by atoms with E-state index in [1.807, 2.05) is 25.7 Å². The lowest BCUT2D eigenvalue weighted by Gasteiger charge is -2.21. The Labute approximate surface area is 119 Å². The van der Waals surface area contributed by atoms with Gasteiger partial charge in [0.05, 0.1) is 5.69 Å². The normalized spacial score (nSPS) is 17.1. The van der Waals surface area contributed by atoms with Crippen molar-refractivity contribution in [2.45, 2.75) is 47.5 Å². The molecule has 0 saturated carbocycles. The number of hydrogen-bond acceptors (Lipinski definition) is 3. The summed E-state index contributed by atoms with van der Waals surface area (Å²) < 4.78 is 5.38. The minimum Gasteiger partial charge on any atom is -0.426 e. The minimum absolute atomic E-state index is 0.0535. The van der Waals surface area contributed by atoms with Crippen molar-refractivity contribution >= 4 is 17.6 Å². The maximum Gasteiger partial charge on any atom is 0.308 e. The number of amides is 1. The molecule has 0 bridgehead atoms. The van der Waals surface area contributed by atoms with E-state index in [-0.39, 0.29) is 17.8 Å². The van der Waals surface area contributed by atoms with Gasteiger partial charge in [0.1, 0.15) is 5.75 Å². The molecule has 1 aliphatic rings. The molecule has 0 saturated heterocycles. The van der Waals surface area contributed by atoms with Crippen molar-refractivity contribution in [1.29, 1.82) is 0 Å². The van der Waals surface area contributed by atoms with Gasteiger partial charge >= 0.3 is 5.97 Å². The lowest BCUT2D eigenvalue weighted by Crippen LogP contribution is -2.27. The van der Waals surface area contributed by atoms with E-state index in [1.165, 1.54) is 6.92 Å². The Balaban J connectivity index is 2.72. The van der Waals surface area contributed by atoms with Gasteiger partial charge in [0, 0.05) is 26.3 Å². The molecule has 0 radical (unpaired) electrons. The molecule has 1 aliphatic heterocycles. The summed E-state index contributed by atoms with van der Waals surface area (Å²) in [7, 11) is 0. The fraction of sp³-hybridized carbons (Fsp3) is 0.500. The van der Waals surface area contributed by atoms with Gasteiger partial charge < -0.3 is 9.64 Å². The van der Waals surface area contributed by atoms with Gasteiger partial charge in [0.25, 0.3) is 0 Å². The van der Waals surface area contributed by atoms with Crippen LogP contribution in [0.5, 0.6) is 5.75 Å². The summed E-state index contributed by atoms with van der Waals surface area (Å²) in [6.45, 7) is 11.7. The highest BCUT2D eigenvalue weighted by Crippen LogP contribution is 2.46. The molecule has 4 heteroatoms. The predicted octanol–water partition coefficient (Wildman–Crippen LogP) is 3.01. The number of esters is 1. The van der Waals surface area contributed by atoms with Crippen molar-refractivity contribution in [3.63, 3.8) is 0 Å². The molecule has 4 nitrogen and oxygen atoms in total. The van der Waals surface area contributed by atoms with E-state index in [0.717, 1.165) is 27.9 Å². The van der Waals surface area contributed by atoms with Crippen molar-refractivity contribution in [3.8, 4) is 5.75 Å². The number of benzene rings is 1. The summed E-state index contributed by atoms with van der Waals surface area (Å²) in [5, 5.41) is 0. The molecule has 108 valence electrons. The van der Waals surface area contributed by atoms with Crippen LogP contribution < -0.4 is 9.64 Å². The van der Waals surface area contributed by atoms with Crippen molar-refractivity contribution in [3.05, 3.63) is 22.3 Å². The molecule has 20 heavy (non-hydrogen) atoms. The number of nitrogens with zero attached hydrogens (tertiary/aromatic N) is 1. The van der Waals surface area contributed by atoms with Crippen molar-refractivity contribution in [2.75, 3.05) is 11.4 Å². The second-order valence-electron chi connectivity index (χ2n) is 5.59. The number of carbonyl (C=O) groups is 2. The number of carbonyl (C=O) groups excluding carboxylic acids is 2. The largest absolute Gasteiger partial charge is 0.426 e. The molecule has 1 aromatic rings. The molecular weight excluding hydrogens is 254 g/mol. The van der Waals surface area contributed by atoms with Gasteiger partial charge in [-0.05, 0) is 43.0 Å². The third-order valence-electron chi connectivity index (χ3n) is 4.10. The van der Waals surface area contributed by atoms with Gasteiger partial charge in [0.15, 0.2) is 0 Å². The summed E-state index contributed by atoms with van der Waals surface area (Å²) in [6.07, 6.45) is 0. The number of anilines is 1. The van der Waals surface area contributed by atoms with Crippen molar-refractivity contribution in [2.24, 2.45) is 0 Å². The lowest BCUT2D eigenvalue weighted by molar-refractivity contribution is -0.132. The van der Waals surface area contributed by atoms with Crippen LogP contribution in [0.1, 0.15) is 48.9 Å². The van der Waals surface area contributed by atoms with E-state index < -0.39 is 0 Å². The Morgan fingerprint density at radius 2 is 1.70 bits per heavy atom. The fourth-order valence-electron chi connectivity index (χ4n) is 3.12. The molecule has 1 amide bonds. The van der Waals surface area contributed by atoms with Crippen LogP contribution in [0.25, 0.3) is 0 Å². The van der Waals surface area contributed by atoms with Crippen LogP contribution in [-0.4, -0.2) is 18.4 Å². The van der Waals surface area contributed by atoms with E-state index in [0.29, 0.717) is 12.3 Å². The van der Waals surface area contributed by atoms with E-state index in [1.54, 1.807) is 6.92 Å². The molecule has 0 fully saturated rings. The second kappa shape index (κ2) is 4.93. The molecule has 1 aromatic carbocycles. The average Bonchev–Trinajstić information content (AvgIpc) is 2.70. The fourth-order valence-corrected chi connectivity index (χ4v) is 3.12. The van der Waals surface area contributed by atoms with Crippen LogP contribution in [0.4, 0.5) is 5.69 Å². The van der Waals surface area contributed by atoms with Crippen LogP contribution in [0.2, 0.25) is 0 Å². The van der Waals surface area contributed by atoms with E-state index >= 15 is 0 Å². The number of rotatable bonds is 1. The van der Waals surface area contributed by atoms with E-state index in [9.17, 15) is 9.59 Å². The van der Waals surface area contributed by atoms with Crippen LogP contribution in [0.3, 0.4) is 0 Å². The topological polar surface area (TPSA) is 46.6 Å². The van der Waals surface area contributed by atoms with Crippen molar-refractivity contribution < 1.29 is 14.3 Å². The zero-order valence-corrected chi connectivity index (χ0v) is 13.0. The standard InChI is InChI=1S/C16H21NO3/c1-8-7-17(12(5)18)15-9(2)10(3)16(20-13(6)19)11(4)14(8)15/h8H,7H2,1-6H3. The third kappa shape index (κ3) is 2.09. The van der Waals surface area contributed by atoms with Crippen LogP contribution in [0.15, 0.2) is 0 Å². The Morgan fingerprint density at radius 3 is 2.20 bits per heavy atom. The zero-order valence-electron chi connectivity index (χ0n) is 13.0. The van der Waals surface area contributed by atoms with E-state index in [2.05, 4.69) is 6.92 Å². The summed E-state index contributed by atoms with van der Waals surface area (Å²) in [4.78, 5) is 25.0. The monoisotopic (exact) mass is 275 g/mol. The second-order valence-corrected chi connectivity index (χ2v) is 5.59. The smallest absolute Gasteiger partial charge is 0.308 e. The summed E-state index contributed by atoms with van der Waals surface area (Å²) in [6, 6.07) is 0. The summed E-state index contributed by atoms with van der Waals surface area (Å²) in [5.74, 6) is 0.635. The molecular formula is C16H21NO3. The Hall–Kier alpha value is -1.84. The first-order chi connectivity index (χ1) is 9.25. The van der Waals surface area contributed by atoms with Gasteiger partial charge in [-0.25, -0.2) is 0 Å². The Kier molecular flexibility index (Phi) is 3.59. The van der Waals surface area contributed by atoms with E-state index in [4.69, 9.17) is 4.74 Å². The average molecular weight is 275 g/mol. The summed E-state index contributed by atoms with van der Waals surface area (Å²) >= 11 is 0. The third-order valence-corrected chi connectivity index (χ3v) is 4.10. The molecule has 1 heterocycles. The molecule has 0 N–H and O–H groups in total. The number of ether oxygens (including phenoxy) is 1. The Morgan fingerprint density at radius 1 is 1.10 bits per heavy atom. The minimum atomic E-state index is -0.315. The molecule has 2 rings (SSSR count). The van der Waals surface area contributed by atoms with Gasteiger partial charge in [0.2, 0.25) is 5.91 Å². The molecule has 0 aliphatic carbocycles. The SMILES string of the molecule is CC(=O)Oc1c(C)c(C)c2c(c1C)C(C)CN2C(C)=O. The Bertz CT molecular complexity index is 604. The van der Waals surface area contributed by atoms with Gasteiger partial charge in [-0.3, -0.25) is 9.59 Å². The molecule has 0 aromatic heterocycles. The van der Waals surface area contributed by atoms with Gasteiger partial charge in [-0.15, -0.1) is 0 Å². The number of fused-ring (bicyclic) bond motifs is 1. The molecule has 1 unspecified atom stereocenters. The highest BCUT2D eigenvalue weighted by Gasteiger charge is 2.34. The quantitative estimate of drug-likeness (QED) is 0.584.